The lowest BCUT2D eigenvalue weighted by molar-refractivity contribution is -0.139. The second kappa shape index (κ2) is 9.89. The van der Waals surface area contributed by atoms with Crippen molar-refractivity contribution in [3.05, 3.63) is 84.8 Å². The molecule has 1 fully saturated rings. The van der Waals surface area contributed by atoms with Gasteiger partial charge in [-0.25, -0.2) is 4.90 Å². The third-order valence-electron chi connectivity index (χ3n) is 6.74. The number of amides is 3. The molecule has 0 saturated carbocycles. The van der Waals surface area contributed by atoms with Crippen LogP contribution >= 0.6 is 46.4 Å². The molecule has 0 spiro atoms. The predicted octanol–water partition coefficient (Wildman–Crippen LogP) is 6.68. The molecule has 5 rings (SSSR count). The number of hydrogen-bond donors (Lipinski definition) is 0. The lowest BCUT2D eigenvalue weighted by atomic mass is 10.1. The van der Waals surface area contributed by atoms with E-state index in [2.05, 4.69) is 0 Å². The van der Waals surface area contributed by atoms with Gasteiger partial charge in [0.25, 0.3) is 11.8 Å². The van der Waals surface area contributed by atoms with Gasteiger partial charge in [0.15, 0.2) is 0 Å². The molecule has 2 aliphatic heterocycles. The van der Waals surface area contributed by atoms with Gasteiger partial charge in [0.2, 0.25) is 5.91 Å². The first-order valence-electron chi connectivity index (χ1n) is 11.4. The highest BCUT2D eigenvalue weighted by atomic mass is 35.5. The Bertz CT molecular complexity index is 1510. The summed E-state index contributed by atoms with van der Waals surface area (Å²) in [6, 6.07) is 11.5. The molecule has 2 aliphatic rings. The molecule has 0 bridgehead atoms. The molecule has 3 aromatic rings. The van der Waals surface area contributed by atoms with Crippen molar-refractivity contribution in [3.63, 3.8) is 0 Å². The molecule has 7 nitrogen and oxygen atoms in total. The van der Waals surface area contributed by atoms with Crippen molar-refractivity contribution >= 4 is 81.5 Å². The minimum absolute atomic E-state index is 0.0337. The smallest absolute Gasteiger partial charge is 0.316 e. The minimum Gasteiger partial charge on any atom is -0.426 e. The molecule has 0 aliphatic carbocycles. The second-order valence-electron chi connectivity index (χ2n) is 8.99. The highest BCUT2D eigenvalue weighted by Gasteiger charge is 2.42. The van der Waals surface area contributed by atoms with E-state index >= 15 is 0 Å². The highest BCUT2D eigenvalue weighted by molar-refractivity contribution is 6.56. The minimum atomic E-state index is -0.712. The monoisotopic (exact) mass is 590 g/mol. The molecule has 194 valence electrons. The van der Waals surface area contributed by atoms with Gasteiger partial charge in [0.05, 0.1) is 42.8 Å². The summed E-state index contributed by atoms with van der Waals surface area (Å²) in [5.41, 5.74) is 2.74. The maximum atomic E-state index is 13.0. The Morgan fingerprint density at radius 3 is 2.00 bits per heavy atom. The third kappa shape index (κ3) is 4.24. The fourth-order valence-corrected chi connectivity index (χ4v) is 5.59. The fourth-order valence-electron chi connectivity index (χ4n) is 4.57. The Morgan fingerprint density at radius 2 is 1.42 bits per heavy atom. The Kier molecular flexibility index (Phi) is 6.90. The normalized spacial score (nSPS) is 16.9. The molecule has 0 N–H and O–H groups in total. The Balaban J connectivity index is 1.32. The van der Waals surface area contributed by atoms with E-state index in [9.17, 15) is 19.2 Å². The SMILES string of the molecule is Cc1cccc(N2C[C@H](C(=O)Oc3ccc(N4C(=O)c5c(Cl)c(Cl)c(Cl)c(Cl)c5C4=O)cc3)CC2=O)c1C. The van der Waals surface area contributed by atoms with Crippen molar-refractivity contribution in [1.82, 2.24) is 0 Å². The van der Waals surface area contributed by atoms with Crippen molar-refractivity contribution in [1.29, 1.82) is 0 Å². The first-order chi connectivity index (χ1) is 18.0. The lowest BCUT2D eigenvalue weighted by Gasteiger charge is -2.20. The van der Waals surface area contributed by atoms with Gasteiger partial charge >= 0.3 is 5.97 Å². The van der Waals surface area contributed by atoms with E-state index in [0.29, 0.717) is 0 Å². The average Bonchev–Trinajstić information content (AvgIpc) is 3.40. The molecule has 11 heteroatoms. The van der Waals surface area contributed by atoms with Gasteiger partial charge in [-0.15, -0.1) is 0 Å². The van der Waals surface area contributed by atoms with Gasteiger partial charge in [-0.2, -0.15) is 0 Å². The number of anilines is 2. The summed E-state index contributed by atoms with van der Waals surface area (Å²) in [5, 5.41) is -0.570. The number of aryl methyl sites for hydroxylation is 1. The molecule has 0 radical (unpaired) electrons. The number of hydrogen-bond acceptors (Lipinski definition) is 5. The van der Waals surface area contributed by atoms with Crippen LogP contribution in [-0.2, 0) is 9.59 Å². The maximum absolute atomic E-state index is 13.0. The van der Waals surface area contributed by atoms with Crippen molar-refractivity contribution < 1.29 is 23.9 Å². The standard InChI is InChI=1S/C27H18Cl4N2O5/c1-12-4-3-5-17(13(12)2)32-11-14(10-18(32)34)27(37)38-16-8-6-15(7-9-16)33-25(35)19-20(26(33)36)22(29)24(31)23(30)21(19)28/h3-9,14H,10-11H2,1-2H3/t14-/m1/s1. The van der Waals surface area contributed by atoms with E-state index in [0.717, 1.165) is 21.7 Å². The van der Waals surface area contributed by atoms with E-state index in [1.807, 2.05) is 32.0 Å². The van der Waals surface area contributed by atoms with Gasteiger partial charge < -0.3 is 9.64 Å². The highest BCUT2D eigenvalue weighted by Crippen LogP contribution is 2.45. The molecule has 3 amide bonds. The van der Waals surface area contributed by atoms with Crippen LogP contribution < -0.4 is 14.5 Å². The van der Waals surface area contributed by atoms with Gasteiger partial charge in [-0.05, 0) is 55.3 Å². The van der Waals surface area contributed by atoms with Crippen molar-refractivity contribution in [3.8, 4) is 5.75 Å². The van der Waals surface area contributed by atoms with Crippen molar-refractivity contribution in [2.75, 3.05) is 16.3 Å². The molecule has 0 aromatic heterocycles. The predicted molar refractivity (Wildman–Crippen MR) is 146 cm³/mol. The van der Waals surface area contributed by atoms with Gasteiger partial charge in [0.1, 0.15) is 5.75 Å². The van der Waals surface area contributed by atoms with E-state index in [4.69, 9.17) is 51.1 Å². The molecule has 3 aromatic carbocycles. The van der Waals surface area contributed by atoms with Crippen LogP contribution in [0.1, 0.15) is 38.3 Å². The zero-order valence-electron chi connectivity index (χ0n) is 20.0. The van der Waals surface area contributed by atoms with Crippen LogP contribution in [0.5, 0.6) is 5.75 Å². The van der Waals surface area contributed by atoms with Crippen LogP contribution in [0.15, 0.2) is 42.5 Å². The van der Waals surface area contributed by atoms with E-state index in [-0.39, 0.29) is 61.5 Å². The van der Waals surface area contributed by atoms with E-state index < -0.39 is 23.7 Å². The largest absolute Gasteiger partial charge is 0.426 e. The Morgan fingerprint density at radius 1 is 0.842 bits per heavy atom. The summed E-state index contributed by atoms with van der Waals surface area (Å²) < 4.78 is 5.50. The molecule has 1 atom stereocenters. The van der Waals surface area contributed by atoms with Gasteiger partial charge in [-0.3, -0.25) is 19.2 Å². The quantitative estimate of drug-likeness (QED) is 0.111. The van der Waals surface area contributed by atoms with Crippen LogP contribution in [0.25, 0.3) is 0 Å². The molecule has 1 saturated heterocycles. The number of carbonyl (C=O) groups is 4. The first-order valence-corrected chi connectivity index (χ1v) is 13.0. The van der Waals surface area contributed by atoms with E-state index in [1.54, 1.807) is 4.90 Å². The number of carbonyl (C=O) groups excluding carboxylic acids is 4. The number of benzene rings is 3. The van der Waals surface area contributed by atoms with Gasteiger partial charge in [0, 0.05) is 18.7 Å². The average molecular weight is 592 g/mol. The Labute approximate surface area is 237 Å². The summed E-state index contributed by atoms with van der Waals surface area (Å²) in [4.78, 5) is 54.1. The number of rotatable bonds is 4. The number of imide groups is 1. The number of nitrogens with zero attached hydrogens (tertiary/aromatic N) is 2. The first kappa shape index (κ1) is 26.5. The third-order valence-corrected chi connectivity index (χ3v) is 8.54. The zero-order chi connectivity index (χ0) is 27.5. The summed E-state index contributed by atoms with van der Waals surface area (Å²) in [5.74, 6) is -2.58. The van der Waals surface area contributed by atoms with Crippen LogP contribution in [0, 0.1) is 19.8 Å². The van der Waals surface area contributed by atoms with Crippen molar-refractivity contribution in [2.45, 2.75) is 20.3 Å². The summed E-state index contributed by atoms with van der Waals surface area (Å²) in [6.07, 6.45) is 0.0337. The summed E-state index contributed by atoms with van der Waals surface area (Å²) in [7, 11) is 0. The number of esters is 1. The molecule has 2 heterocycles. The fraction of sp³-hybridized carbons (Fsp3) is 0.185. The Hall–Kier alpha value is -3.10. The molecular weight excluding hydrogens is 574 g/mol. The summed E-state index contributed by atoms with van der Waals surface area (Å²) in [6.45, 7) is 4.11. The van der Waals surface area contributed by atoms with Gasteiger partial charge in [-0.1, -0.05) is 58.5 Å². The molecule has 0 unspecified atom stereocenters. The second-order valence-corrected chi connectivity index (χ2v) is 10.5. The zero-order valence-corrected chi connectivity index (χ0v) is 23.0. The van der Waals surface area contributed by atoms with Crippen molar-refractivity contribution in [2.24, 2.45) is 5.92 Å². The topological polar surface area (TPSA) is 84.0 Å². The van der Waals surface area contributed by atoms with Crippen LogP contribution in [0.3, 0.4) is 0 Å². The molecule has 38 heavy (non-hydrogen) atoms. The van der Waals surface area contributed by atoms with Crippen LogP contribution in [-0.4, -0.2) is 30.2 Å². The maximum Gasteiger partial charge on any atom is 0.316 e. The van der Waals surface area contributed by atoms with Crippen LogP contribution in [0.2, 0.25) is 20.1 Å². The summed E-state index contributed by atoms with van der Waals surface area (Å²) >= 11 is 24.5. The van der Waals surface area contributed by atoms with E-state index in [1.165, 1.54) is 24.3 Å². The lowest BCUT2D eigenvalue weighted by Crippen LogP contribution is -2.29. The number of halogens is 4. The molecular formula is C27H18Cl4N2O5. The number of ether oxygens (including phenoxy) is 1. The number of fused-ring (bicyclic) bond motifs is 1. The van der Waals surface area contributed by atoms with Crippen LogP contribution in [0.4, 0.5) is 11.4 Å².